The van der Waals surface area contributed by atoms with Gasteiger partial charge in [0, 0.05) is 11.1 Å². The maximum Gasteiger partial charge on any atom is 0.174 e. The molecule has 1 aromatic carbocycles. The fourth-order valence-corrected chi connectivity index (χ4v) is 1.65. The summed E-state index contributed by atoms with van der Waals surface area (Å²) in [4.78, 5) is 23.1. The number of hydrogen-bond donors (Lipinski definition) is 0. The summed E-state index contributed by atoms with van der Waals surface area (Å²) in [6, 6.07) is 4.97. The van der Waals surface area contributed by atoms with Crippen molar-refractivity contribution in [1.29, 1.82) is 0 Å². The third kappa shape index (κ3) is 1.05. The number of carbonyl (C=O) groups excluding carboxylic acids is 2. The highest BCUT2D eigenvalue weighted by molar-refractivity contribution is 6.26. The Labute approximate surface area is 81.7 Å². The normalized spacial score (nSPS) is 19.7. The van der Waals surface area contributed by atoms with E-state index in [4.69, 9.17) is 4.74 Å². The van der Waals surface area contributed by atoms with E-state index in [1.807, 2.05) is 0 Å². The second kappa shape index (κ2) is 2.94. The summed E-state index contributed by atoms with van der Waals surface area (Å²) in [6.07, 6.45) is 0. The molecule has 0 fully saturated rings. The molecule has 0 radical (unpaired) electrons. The van der Waals surface area contributed by atoms with E-state index in [1.165, 1.54) is 7.11 Å². The molecule has 72 valence electrons. The largest absolute Gasteiger partial charge is 0.497 e. The molecular weight excluding hydrogens is 180 g/mol. The molecule has 0 heterocycles. The number of carbonyl (C=O) groups is 2. The van der Waals surface area contributed by atoms with Gasteiger partial charge in [-0.25, -0.2) is 0 Å². The topological polar surface area (TPSA) is 43.4 Å². The van der Waals surface area contributed by atoms with Crippen LogP contribution in [0.4, 0.5) is 0 Å². The molecule has 0 aromatic heterocycles. The molecule has 0 amide bonds. The van der Waals surface area contributed by atoms with E-state index >= 15 is 0 Å². The van der Waals surface area contributed by atoms with Crippen LogP contribution in [0, 0.1) is 5.92 Å². The predicted octanol–water partition coefficient (Wildman–Crippen LogP) is 1.71. The Morgan fingerprint density at radius 3 is 2.43 bits per heavy atom. The average Bonchev–Trinajstić information content (AvgIpc) is 2.44. The SMILES string of the molecule is COc1ccc2c(c1)C(=O)C(C)C2=O. The van der Waals surface area contributed by atoms with Crippen LogP contribution in [-0.4, -0.2) is 18.7 Å². The van der Waals surface area contributed by atoms with Gasteiger partial charge in [0.25, 0.3) is 0 Å². The van der Waals surface area contributed by atoms with Gasteiger partial charge in [0.15, 0.2) is 11.6 Å². The number of fused-ring (bicyclic) bond motifs is 1. The van der Waals surface area contributed by atoms with Crippen molar-refractivity contribution in [3.05, 3.63) is 29.3 Å². The Hall–Kier alpha value is -1.64. The van der Waals surface area contributed by atoms with Gasteiger partial charge in [-0.15, -0.1) is 0 Å². The standard InChI is InChI=1S/C11H10O3/c1-6-10(12)8-4-3-7(14-2)5-9(8)11(6)13/h3-6H,1-2H3. The van der Waals surface area contributed by atoms with Crippen LogP contribution in [0.1, 0.15) is 27.6 Å². The molecule has 0 saturated carbocycles. The Kier molecular flexibility index (Phi) is 1.88. The Morgan fingerprint density at radius 1 is 1.14 bits per heavy atom. The van der Waals surface area contributed by atoms with Crippen LogP contribution in [0.3, 0.4) is 0 Å². The fourth-order valence-electron chi connectivity index (χ4n) is 1.65. The van der Waals surface area contributed by atoms with Crippen molar-refractivity contribution in [1.82, 2.24) is 0 Å². The summed E-state index contributed by atoms with van der Waals surface area (Å²) < 4.78 is 4.99. The summed E-state index contributed by atoms with van der Waals surface area (Å²) in [7, 11) is 1.53. The molecule has 2 rings (SSSR count). The minimum atomic E-state index is -0.530. The van der Waals surface area contributed by atoms with Crippen molar-refractivity contribution in [3.63, 3.8) is 0 Å². The molecule has 14 heavy (non-hydrogen) atoms. The molecule has 1 aliphatic rings. The van der Waals surface area contributed by atoms with Crippen LogP contribution in [0.5, 0.6) is 5.75 Å². The molecule has 0 bridgehead atoms. The number of ketones is 2. The van der Waals surface area contributed by atoms with Crippen LogP contribution in [0.2, 0.25) is 0 Å². The molecule has 1 unspecified atom stereocenters. The van der Waals surface area contributed by atoms with Crippen molar-refractivity contribution >= 4 is 11.6 Å². The summed E-state index contributed by atoms with van der Waals surface area (Å²) >= 11 is 0. The quantitative estimate of drug-likeness (QED) is 0.633. The smallest absolute Gasteiger partial charge is 0.174 e. The molecule has 1 aliphatic carbocycles. The van der Waals surface area contributed by atoms with Crippen LogP contribution >= 0.6 is 0 Å². The molecule has 3 heteroatoms. The first-order valence-electron chi connectivity index (χ1n) is 4.41. The first kappa shape index (κ1) is 8.94. The van der Waals surface area contributed by atoms with Crippen LogP contribution in [-0.2, 0) is 0 Å². The zero-order valence-electron chi connectivity index (χ0n) is 8.03. The maximum atomic E-state index is 11.6. The van der Waals surface area contributed by atoms with Gasteiger partial charge in [-0.2, -0.15) is 0 Å². The minimum absolute atomic E-state index is 0.0901. The number of hydrogen-bond acceptors (Lipinski definition) is 3. The van der Waals surface area contributed by atoms with Gasteiger partial charge in [-0.1, -0.05) is 0 Å². The van der Waals surface area contributed by atoms with Crippen molar-refractivity contribution < 1.29 is 14.3 Å². The van der Waals surface area contributed by atoms with E-state index in [0.29, 0.717) is 16.9 Å². The first-order chi connectivity index (χ1) is 6.65. The van der Waals surface area contributed by atoms with Crippen molar-refractivity contribution in [2.24, 2.45) is 5.92 Å². The lowest BCUT2D eigenvalue weighted by Gasteiger charge is -2.00. The van der Waals surface area contributed by atoms with E-state index in [1.54, 1.807) is 25.1 Å². The number of benzene rings is 1. The Bertz CT molecular complexity index is 421. The minimum Gasteiger partial charge on any atom is -0.497 e. The third-order valence-corrected chi connectivity index (χ3v) is 2.54. The van der Waals surface area contributed by atoms with Gasteiger partial charge in [0.2, 0.25) is 0 Å². The van der Waals surface area contributed by atoms with Gasteiger partial charge in [-0.05, 0) is 25.1 Å². The summed E-state index contributed by atoms with van der Waals surface area (Å²) in [5.74, 6) is -0.118. The fraction of sp³-hybridized carbons (Fsp3) is 0.273. The Morgan fingerprint density at radius 2 is 1.79 bits per heavy atom. The maximum absolute atomic E-state index is 11.6. The predicted molar refractivity (Wildman–Crippen MR) is 50.8 cm³/mol. The van der Waals surface area contributed by atoms with Gasteiger partial charge in [0.1, 0.15) is 5.75 Å². The highest BCUT2D eigenvalue weighted by Gasteiger charge is 2.35. The van der Waals surface area contributed by atoms with Crippen molar-refractivity contribution in [2.75, 3.05) is 7.11 Å². The molecule has 1 aromatic rings. The second-order valence-electron chi connectivity index (χ2n) is 3.36. The number of methoxy groups -OCH3 is 1. The highest BCUT2D eigenvalue weighted by Crippen LogP contribution is 2.29. The molecule has 0 saturated heterocycles. The van der Waals surface area contributed by atoms with E-state index in [0.717, 1.165) is 0 Å². The molecule has 1 atom stereocenters. The average molecular weight is 190 g/mol. The lowest BCUT2D eigenvalue weighted by Crippen LogP contribution is -2.09. The number of Topliss-reactive ketones (excluding diaryl/α,β-unsaturated/α-hetero) is 2. The van der Waals surface area contributed by atoms with Crippen LogP contribution in [0.25, 0.3) is 0 Å². The van der Waals surface area contributed by atoms with E-state index < -0.39 is 5.92 Å². The molecule has 0 spiro atoms. The zero-order valence-corrected chi connectivity index (χ0v) is 8.03. The van der Waals surface area contributed by atoms with Crippen LogP contribution < -0.4 is 4.74 Å². The van der Waals surface area contributed by atoms with Crippen molar-refractivity contribution in [2.45, 2.75) is 6.92 Å². The number of rotatable bonds is 1. The monoisotopic (exact) mass is 190 g/mol. The molecule has 0 aliphatic heterocycles. The molecular formula is C11H10O3. The zero-order chi connectivity index (χ0) is 10.3. The second-order valence-corrected chi connectivity index (χ2v) is 3.36. The summed E-state index contributed by atoms with van der Waals surface area (Å²) in [5, 5.41) is 0. The first-order valence-corrected chi connectivity index (χ1v) is 4.41. The van der Waals surface area contributed by atoms with E-state index in [-0.39, 0.29) is 11.6 Å². The van der Waals surface area contributed by atoms with Gasteiger partial charge < -0.3 is 4.74 Å². The van der Waals surface area contributed by atoms with Gasteiger partial charge >= 0.3 is 0 Å². The Balaban J connectivity index is 2.59. The van der Waals surface area contributed by atoms with Crippen LogP contribution in [0.15, 0.2) is 18.2 Å². The summed E-state index contributed by atoms with van der Waals surface area (Å²) in [6.45, 7) is 1.64. The molecule has 3 nitrogen and oxygen atoms in total. The highest BCUT2D eigenvalue weighted by atomic mass is 16.5. The van der Waals surface area contributed by atoms with E-state index in [2.05, 4.69) is 0 Å². The van der Waals surface area contributed by atoms with Crippen molar-refractivity contribution in [3.8, 4) is 5.75 Å². The van der Waals surface area contributed by atoms with Gasteiger partial charge in [0.05, 0.1) is 13.0 Å². The lowest BCUT2D eigenvalue weighted by atomic mass is 10.1. The van der Waals surface area contributed by atoms with E-state index in [9.17, 15) is 9.59 Å². The summed E-state index contributed by atoms with van der Waals surface area (Å²) in [5.41, 5.74) is 1.00. The molecule has 0 N–H and O–H groups in total. The van der Waals surface area contributed by atoms with Gasteiger partial charge in [-0.3, -0.25) is 9.59 Å². The number of ether oxygens (including phenoxy) is 1. The third-order valence-electron chi connectivity index (χ3n) is 2.54. The lowest BCUT2D eigenvalue weighted by molar-refractivity contribution is 0.0852.